The molecule has 0 amide bonds. The highest BCUT2D eigenvalue weighted by Crippen LogP contribution is 2.23. The summed E-state index contributed by atoms with van der Waals surface area (Å²) in [5.74, 6) is 3.02. The van der Waals surface area contributed by atoms with Crippen LogP contribution in [0.1, 0.15) is 11.5 Å². The molecule has 4 rings (SSSR count). The quantitative estimate of drug-likeness (QED) is 0.528. The van der Waals surface area contributed by atoms with Gasteiger partial charge in [-0.2, -0.15) is 4.68 Å². The number of tetrazole rings is 1. The molecule has 0 spiro atoms. The van der Waals surface area contributed by atoms with Crippen LogP contribution in [-0.4, -0.2) is 25.4 Å². The van der Waals surface area contributed by atoms with E-state index < -0.39 is 0 Å². The van der Waals surface area contributed by atoms with E-state index in [0.29, 0.717) is 5.75 Å². The van der Waals surface area contributed by atoms with Crippen molar-refractivity contribution in [1.29, 1.82) is 0 Å². The normalized spacial score (nSPS) is 10.9. The summed E-state index contributed by atoms with van der Waals surface area (Å²) in [7, 11) is 0. The van der Waals surface area contributed by atoms with E-state index >= 15 is 0 Å². The van der Waals surface area contributed by atoms with Crippen molar-refractivity contribution in [3.8, 4) is 17.0 Å². The Morgan fingerprint density at radius 2 is 1.68 bits per heavy atom. The lowest BCUT2D eigenvalue weighted by Crippen LogP contribution is -2.01. The van der Waals surface area contributed by atoms with E-state index in [1.807, 2.05) is 66.7 Å². The molecule has 124 valence electrons. The molecule has 4 aromatic rings. The Morgan fingerprint density at radius 3 is 2.48 bits per heavy atom. The third-order valence-corrected chi connectivity index (χ3v) is 4.60. The van der Waals surface area contributed by atoms with Gasteiger partial charge in [0.15, 0.2) is 11.6 Å². The molecule has 0 saturated heterocycles. The van der Waals surface area contributed by atoms with Crippen LogP contribution in [0.4, 0.5) is 0 Å². The number of benzene rings is 2. The number of aromatic nitrogens is 5. The second-order valence-electron chi connectivity index (χ2n) is 5.38. The fraction of sp³-hybridized carbons (Fsp3) is 0.111. The van der Waals surface area contributed by atoms with Crippen LogP contribution in [0.3, 0.4) is 0 Å². The molecule has 0 unspecified atom stereocenters. The van der Waals surface area contributed by atoms with Gasteiger partial charge in [0, 0.05) is 17.4 Å². The van der Waals surface area contributed by atoms with Gasteiger partial charge in [0.2, 0.25) is 0 Å². The topological polar surface area (TPSA) is 69.6 Å². The minimum atomic E-state index is 0.690. The van der Waals surface area contributed by atoms with Crippen LogP contribution in [0.15, 0.2) is 71.3 Å². The largest absolute Gasteiger partial charge is 0.356 e. The lowest BCUT2D eigenvalue weighted by atomic mass is 10.2. The molecule has 6 nitrogen and oxygen atoms in total. The first kappa shape index (κ1) is 15.6. The van der Waals surface area contributed by atoms with Crippen LogP contribution >= 0.6 is 11.8 Å². The van der Waals surface area contributed by atoms with Gasteiger partial charge in [-0.05, 0) is 22.6 Å². The van der Waals surface area contributed by atoms with E-state index in [0.717, 1.165) is 34.3 Å². The van der Waals surface area contributed by atoms with E-state index in [4.69, 9.17) is 4.52 Å². The SMILES string of the molecule is c1ccc(-c2cc(CSCc3nnnn3-c3ccccc3)no2)cc1. The molecule has 0 aliphatic carbocycles. The standard InChI is InChI=1S/C18H15N5OS/c1-3-7-14(8-4-1)17-11-15(20-24-17)12-25-13-18-19-21-22-23(18)16-9-5-2-6-10-16/h1-11H,12-13H2. The number of thioether (sulfide) groups is 1. The minimum Gasteiger partial charge on any atom is -0.356 e. The van der Waals surface area contributed by atoms with Gasteiger partial charge in [-0.1, -0.05) is 53.7 Å². The van der Waals surface area contributed by atoms with Crippen molar-refractivity contribution in [1.82, 2.24) is 25.4 Å². The van der Waals surface area contributed by atoms with Gasteiger partial charge < -0.3 is 4.52 Å². The average Bonchev–Trinajstić information content (AvgIpc) is 3.33. The Balaban J connectivity index is 1.39. The molecule has 2 aromatic carbocycles. The Bertz CT molecular complexity index is 936. The number of hydrogen-bond acceptors (Lipinski definition) is 6. The highest BCUT2D eigenvalue weighted by Gasteiger charge is 2.10. The van der Waals surface area contributed by atoms with Gasteiger partial charge in [0.25, 0.3) is 0 Å². The van der Waals surface area contributed by atoms with Crippen molar-refractivity contribution in [2.24, 2.45) is 0 Å². The predicted octanol–water partition coefficient (Wildman–Crippen LogP) is 3.75. The van der Waals surface area contributed by atoms with E-state index in [1.54, 1.807) is 16.4 Å². The van der Waals surface area contributed by atoms with Gasteiger partial charge in [0.1, 0.15) is 0 Å². The van der Waals surface area contributed by atoms with E-state index in [2.05, 4.69) is 20.7 Å². The summed E-state index contributed by atoms with van der Waals surface area (Å²) in [6.45, 7) is 0. The molecule has 2 aromatic heterocycles. The minimum absolute atomic E-state index is 0.690. The van der Waals surface area contributed by atoms with Crippen molar-refractivity contribution in [3.63, 3.8) is 0 Å². The maximum absolute atomic E-state index is 5.42. The summed E-state index contributed by atoms with van der Waals surface area (Å²) in [4.78, 5) is 0. The van der Waals surface area contributed by atoms with Crippen LogP contribution in [0, 0.1) is 0 Å². The van der Waals surface area contributed by atoms with Crippen molar-refractivity contribution in [2.75, 3.05) is 0 Å². The summed E-state index contributed by atoms with van der Waals surface area (Å²) in [5.41, 5.74) is 2.89. The molecule has 25 heavy (non-hydrogen) atoms. The summed E-state index contributed by atoms with van der Waals surface area (Å²) >= 11 is 1.70. The molecule has 7 heteroatoms. The molecule has 0 aliphatic heterocycles. The van der Waals surface area contributed by atoms with Crippen LogP contribution in [0.5, 0.6) is 0 Å². The summed E-state index contributed by atoms with van der Waals surface area (Å²) in [5, 5.41) is 16.1. The van der Waals surface area contributed by atoms with Gasteiger partial charge in [-0.15, -0.1) is 16.9 Å². The molecular formula is C18H15N5OS. The molecule has 0 radical (unpaired) electrons. The van der Waals surface area contributed by atoms with Crippen molar-refractivity contribution < 1.29 is 4.52 Å². The van der Waals surface area contributed by atoms with Gasteiger partial charge in [-0.25, -0.2) is 0 Å². The van der Waals surface area contributed by atoms with E-state index in [1.165, 1.54) is 0 Å². The molecule has 0 N–H and O–H groups in total. The molecule has 2 heterocycles. The van der Waals surface area contributed by atoms with Gasteiger partial charge >= 0.3 is 0 Å². The maximum Gasteiger partial charge on any atom is 0.167 e. The Kier molecular flexibility index (Phi) is 4.56. The predicted molar refractivity (Wildman–Crippen MR) is 96.1 cm³/mol. The summed E-state index contributed by atoms with van der Waals surface area (Å²) < 4.78 is 7.18. The third kappa shape index (κ3) is 3.61. The second-order valence-corrected chi connectivity index (χ2v) is 6.37. The fourth-order valence-corrected chi connectivity index (χ4v) is 3.24. The summed E-state index contributed by atoms with van der Waals surface area (Å²) in [6, 6.07) is 21.8. The zero-order valence-electron chi connectivity index (χ0n) is 13.3. The number of para-hydroxylation sites is 1. The molecule has 0 aliphatic rings. The fourth-order valence-electron chi connectivity index (χ4n) is 2.43. The molecule has 0 saturated carbocycles. The Labute approximate surface area is 148 Å². The zero-order chi connectivity index (χ0) is 16.9. The first-order chi connectivity index (χ1) is 12.4. The van der Waals surface area contributed by atoms with Crippen LogP contribution < -0.4 is 0 Å². The van der Waals surface area contributed by atoms with Crippen molar-refractivity contribution in [3.05, 3.63) is 78.2 Å². The molecule has 0 bridgehead atoms. The monoisotopic (exact) mass is 349 g/mol. The lowest BCUT2D eigenvalue weighted by molar-refractivity contribution is 0.426. The number of nitrogens with zero attached hydrogens (tertiary/aromatic N) is 5. The Hall–Kier alpha value is -2.93. The molecular weight excluding hydrogens is 334 g/mol. The second kappa shape index (κ2) is 7.31. The van der Waals surface area contributed by atoms with Gasteiger partial charge in [0.05, 0.1) is 17.1 Å². The average molecular weight is 349 g/mol. The first-order valence-corrected chi connectivity index (χ1v) is 8.97. The number of rotatable bonds is 6. The highest BCUT2D eigenvalue weighted by molar-refractivity contribution is 7.97. The molecule has 0 fully saturated rings. The lowest BCUT2D eigenvalue weighted by Gasteiger charge is -2.03. The van der Waals surface area contributed by atoms with Crippen LogP contribution in [-0.2, 0) is 11.5 Å². The number of hydrogen-bond donors (Lipinski definition) is 0. The summed E-state index contributed by atoms with van der Waals surface area (Å²) in [6.07, 6.45) is 0. The van der Waals surface area contributed by atoms with Crippen LogP contribution in [0.2, 0.25) is 0 Å². The first-order valence-electron chi connectivity index (χ1n) is 7.81. The van der Waals surface area contributed by atoms with E-state index in [-0.39, 0.29) is 0 Å². The van der Waals surface area contributed by atoms with Crippen molar-refractivity contribution in [2.45, 2.75) is 11.5 Å². The Morgan fingerprint density at radius 1 is 0.920 bits per heavy atom. The molecule has 0 atom stereocenters. The highest BCUT2D eigenvalue weighted by atomic mass is 32.2. The van der Waals surface area contributed by atoms with E-state index in [9.17, 15) is 0 Å². The smallest absolute Gasteiger partial charge is 0.167 e. The maximum atomic E-state index is 5.42. The van der Waals surface area contributed by atoms with Crippen LogP contribution in [0.25, 0.3) is 17.0 Å². The van der Waals surface area contributed by atoms with Crippen molar-refractivity contribution >= 4 is 11.8 Å². The van der Waals surface area contributed by atoms with Gasteiger partial charge in [-0.3, -0.25) is 0 Å². The zero-order valence-corrected chi connectivity index (χ0v) is 14.1. The third-order valence-electron chi connectivity index (χ3n) is 3.63.